The molecule has 1 aliphatic rings. The van der Waals surface area contributed by atoms with Gasteiger partial charge < -0.3 is 16.2 Å². The minimum atomic E-state index is -0.532. The summed E-state index contributed by atoms with van der Waals surface area (Å²) in [5, 5.41) is 15.5. The monoisotopic (exact) mass is 257 g/mol. The van der Waals surface area contributed by atoms with Crippen LogP contribution in [0, 0.1) is 6.92 Å². The second-order valence-electron chi connectivity index (χ2n) is 5.51. The van der Waals surface area contributed by atoms with Crippen LogP contribution in [0.1, 0.15) is 25.0 Å². The van der Waals surface area contributed by atoms with Crippen LogP contribution < -0.4 is 11.1 Å². The predicted octanol–water partition coefficient (Wildman–Crippen LogP) is 2.45. The van der Waals surface area contributed by atoms with Crippen LogP contribution in [-0.2, 0) is 0 Å². The molecule has 0 atom stereocenters. The first-order valence-corrected chi connectivity index (χ1v) is 6.69. The van der Waals surface area contributed by atoms with Crippen LogP contribution in [0.2, 0.25) is 0 Å². The number of aliphatic hydroxyl groups is 1. The van der Waals surface area contributed by atoms with Crippen molar-refractivity contribution in [3.8, 4) is 0 Å². The van der Waals surface area contributed by atoms with Gasteiger partial charge >= 0.3 is 0 Å². The minimum absolute atomic E-state index is 0.532. The lowest BCUT2D eigenvalue weighted by Gasteiger charge is -2.37. The molecule has 100 valence electrons. The van der Waals surface area contributed by atoms with Crippen molar-refractivity contribution in [3.63, 3.8) is 0 Å². The Morgan fingerprint density at radius 1 is 1.37 bits per heavy atom. The van der Waals surface area contributed by atoms with Crippen molar-refractivity contribution in [2.75, 3.05) is 17.6 Å². The minimum Gasteiger partial charge on any atom is -0.398 e. The van der Waals surface area contributed by atoms with Gasteiger partial charge in [-0.3, -0.25) is 4.98 Å². The summed E-state index contributed by atoms with van der Waals surface area (Å²) in [4.78, 5) is 4.29. The van der Waals surface area contributed by atoms with E-state index in [9.17, 15) is 5.11 Å². The van der Waals surface area contributed by atoms with Crippen LogP contribution >= 0.6 is 0 Å². The lowest BCUT2D eigenvalue weighted by Crippen LogP contribution is -2.43. The molecule has 2 aromatic rings. The zero-order chi connectivity index (χ0) is 13.5. The number of nitrogens with zero attached hydrogens (tertiary/aromatic N) is 1. The summed E-state index contributed by atoms with van der Waals surface area (Å²) in [7, 11) is 0. The number of rotatable bonds is 3. The lowest BCUT2D eigenvalue weighted by atomic mass is 9.80. The first-order valence-electron chi connectivity index (χ1n) is 6.69. The molecule has 4 nitrogen and oxygen atoms in total. The highest BCUT2D eigenvalue weighted by Gasteiger charge is 2.34. The van der Waals surface area contributed by atoms with Gasteiger partial charge in [0.15, 0.2) is 0 Å². The topological polar surface area (TPSA) is 71.2 Å². The molecule has 3 rings (SSSR count). The quantitative estimate of drug-likeness (QED) is 0.739. The SMILES string of the molecule is Cc1cc2c(NCC3(O)CCC3)ccc(N)c2cn1. The highest BCUT2D eigenvalue weighted by molar-refractivity contribution is 6.00. The Labute approximate surface area is 112 Å². The van der Waals surface area contributed by atoms with Gasteiger partial charge in [-0.25, -0.2) is 0 Å². The van der Waals surface area contributed by atoms with Crippen molar-refractivity contribution < 1.29 is 5.11 Å². The van der Waals surface area contributed by atoms with Crippen molar-refractivity contribution >= 4 is 22.1 Å². The van der Waals surface area contributed by atoms with Gasteiger partial charge in [-0.2, -0.15) is 0 Å². The van der Waals surface area contributed by atoms with Crippen molar-refractivity contribution in [2.45, 2.75) is 31.8 Å². The predicted molar refractivity (Wildman–Crippen MR) is 78.2 cm³/mol. The summed E-state index contributed by atoms with van der Waals surface area (Å²) in [5.41, 5.74) is 8.15. The highest BCUT2D eigenvalue weighted by Crippen LogP contribution is 2.33. The normalized spacial score (nSPS) is 17.2. The van der Waals surface area contributed by atoms with E-state index in [1.165, 1.54) is 0 Å². The first-order chi connectivity index (χ1) is 9.07. The van der Waals surface area contributed by atoms with Crippen molar-refractivity contribution in [3.05, 3.63) is 30.1 Å². The molecule has 1 heterocycles. The molecule has 19 heavy (non-hydrogen) atoms. The van der Waals surface area contributed by atoms with E-state index in [0.29, 0.717) is 6.54 Å². The third-order valence-corrected chi connectivity index (χ3v) is 3.96. The van der Waals surface area contributed by atoms with Crippen LogP contribution in [0.25, 0.3) is 10.8 Å². The molecule has 1 aromatic heterocycles. The zero-order valence-electron chi connectivity index (χ0n) is 11.1. The number of pyridine rings is 1. The summed E-state index contributed by atoms with van der Waals surface area (Å²) in [6.45, 7) is 2.55. The number of nitrogen functional groups attached to an aromatic ring is 1. The summed E-state index contributed by atoms with van der Waals surface area (Å²) in [6, 6.07) is 5.88. The fraction of sp³-hybridized carbons (Fsp3) is 0.400. The van der Waals surface area contributed by atoms with E-state index in [0.717, 1.165) is 47.1 Å². The van der Waals surface area contributed by atoms with Crippen LogP contribution in [0.3, 0.4) is 0 Å². The van der Waals surface area contributed by atoms with Gasteiger partial charge in [-0.05, 0) is 44.4 Å². The number of anilines is 2. The van der Waals surface area contributed by atoms with Gasteiger partial charge in [0.1, 0.15) is 0 Å². The Hall–Kier alpha value is -1.81. The van der Waals surface area contributed by atoms with E-state index in [4.69, 9.17) is 5.73 Å². The molecule has 0 bridgehead atoms. The van der Waals surface area contributed by atoms with Gasteiger partial charge in [-0.15, -0.1) is 0 Å². The number of hydrogen-bond donors (Lipinski definition) is 3. The molecular weight excluding hydrogens is 238 g/mol. The fourth-order valence-corrected chi connectivity index (χ4v) is 2.54. The Bertz CT molecular complexity index is 620. The first kappa shape index (κ1) is 12.2. The van der Waals surface area contributed by atoms with Crippen LogP contribution in [0.4, 0.5) is 11.4 Å². The second kappa shape index (κ2) is 4.38. The maximum atomic E-state index is 10.2. The van der Waals surface area contributed by atoms with E-state index < -0.39 is 5.60 Å². The Kier molecular flexibility index (Phi) is 2.82. The number of benzene rings is 1. The number of hydrogen-bond acceptors (Lipinski definition) is 4. The average Bonchev–Trinajstić information content (AvgIpc) is 2.36. The van der Waals surface area contributed by atoms with Crippen molar-refractivity contribution in [1.29, 1.82) is 0 Å². The second-order valence-corrected chi connectivity index (χ2v) is 5.51. The number of fused-ring (bicyclic) bond motifs is 1. The van der Waals surface area contributed by atoms with E-state index >= 15 is 0 Å². The molecule has 1 saturated carbocycles. The largest absolute Gasteiger partial charge is 0.398 e. The molecule has 0 amide bonds. The molecule has 4 heteroatoms. The molecule has 1 aliphatic carbocycles. The van der Waals surface area contributed by atoms with E-state index in [2.05, 4.69) is 10.3 Å². The van der Waals surface area contributed by atoms with Crippen LogP contribution in [0.15, 0.2) is 24.4 Å². The van der Waals surface area contributed by atoms with Crippen molar-refractivity contribution in [2.24, 2.45) is 0 Å². The lowest BCUT2D eigenvalue weighted by molar-refractivity contribution is -0.0201. The van der Waals surface area contributed by atoms with Gasteiger partial charge in [0, 0.05) is 40.6 Å². The van der Waals surface area contributed by atoms with Crippen molar-refractivity contribution in [1.82, 2.24) is 4.98 Å². The maximum absolute atomic E-state index is 10.2. The van der Waals surface area contributed by atoms with E-state index in [-0.39, 0.29) is 0 Å². The molecule has 0 saturated heterocycles. The smallest absolute Gasteiger partial charge is 0.0819 e. The summed E-state index contributed by atoms with van der Waals surface area (Å²) in [6.07, 6.45) is 4.69. The van der Waals surface area contributed by atoms with E-state index in [1.807, 2.05) is 31.3 Å². The van der Waals surface area contributed by atoms with Gasteiger partial charge in [0.05, 0.1) is 5.60 Å². The molecule has 1 aromatic carbocycles. The zero-order valence-corrected chi connectivity index (χ0v) is 11.1. The number of aromatic nitrogens is 1. The van der Waals surface area contributed by atoms with Gasteiger partial charge in [0.25, 0.3) is 0 Å². The standard InChI is InChI=1S/C15H19N3O/c1-10-7-11-12(8-17-10)13(16)3-4-14(11)18-9-15(19)5-2-6-15/h3-4,7-8,18-19H,2,5-6,9,16H2,1H3. The fourth-order valence-electron chi connectivity index (χ4n) is 2.54. The number of nitrogens with two attached hydrogens (primary N) is 1. The van der Waals surface area contributed by atoms with E-state index in [1.54, 1.807) is 0 Å². The molecule has 0 radical (unpaired) electrons. The highest BCUT2D eigenvalue weighted by atomic mass is 16.3. The summed E-state index contributed by atoms with van der Waals surface area (Å²) < 4.78 is 0. The number of aryl methyl sites for hydroxylation is 1. The third kappa shape index (κ3) is 2.24. The number of nitrogens with one attached hydrogen (secondary N) is 1. The Balaban J connectivity index is 1.94. The van der Waals surface area contributed by atoms with Gasteiger partial charge in [0.2, 0.25) is 0 Å². The summed E-state index contributed by atoms with van der Waals surface area (Å²) in [5.74, 6) is 0. The molecule has 0 aliphatic heterocycles. The van der Waals surface area contributed by atoms with Crippen LogP contribution in [0.5, 0.6) is 0 Å². The average molecular weight is 257 g/mol. The molecule has 4 N–H and O–H groups in total. The molecular formula is C15H19N3O. The summed E-state index contributed by atoms with van der Waals surface area (Å²) >= 11 is 0. The Morgan fingerprint density at radius 3 is 2.84 bits per heavy atom. The van der Waals surface area contributed by atoms with Crippen LogP contribution in [-0.4, -0.2) is 22.2 Å². The third-order valence-electron chi connectivity index (χ3n) is 3.96. The Morgan fingerprint density at radius 2 is 2.16 bits per heavy atom. The molecule has 0 spiro atoms. The van der Waals surface area contributed by atoms with Gasteiger partial charge in [-0.1, -0.05) is 0 Å². The molecule has 0 unspecified atom stereocenters. The maximum Gasteiger partial charge on any atom is 0.0819 e. The molecule has 1 fully saturated rings.